The molecule has 0 saturated heterocycles. The summed E-state index contributed by atoms with van der Waals surface area (Å²) in [5, 5.41) is 5.13. The number of rotatable bonds is 7. The van der Waals surface area contributed by atoms with Crippen molar-refractivity contribution >= 4 is 50.7 Å². The van der Waals surface area contributed by atoms with Crippen LogP contribution in [-0.2, 0) is 11.3 Å². The minimum absolute atomic E-state index is 0.0660. The number of fused-ring (bicyclic) bond motifs is 1. The van der Waals surface area contributed by atoms with Crippen LogP contribution in [0.1, 0.15) is 22.8 Å². The number of thiophene rings is 1. The van der Waals surface area contributed by atoms with E-state index in [2.05, 4.69) is 10.3 Å². The molecule has 1 amide bonds. The van der Waals surface area contributed by atoms with Crippen LogP contribution in [0, 0.1) is 0 Å². The Hall–Kier alpha value is -3.23. The van der Waals surface area contributed by atoms with E-state index in [1.54, 1.807) is 28.8 Å². The molecule has 4 aromatic rings. The molecule has 0 fully saturated rings. The zero-order chi connectivity index (χ0) is 21.8. The number of thioether (sulfide) groups is 1. The highest BCUT2D eigenvalue weighted by Crippen LogP contribution is 2.22. The third-order valence-electron chi connectivity index (χ3n) is 4.60. The zero-order valence-corrected chi connectivity index (χ0v) is 18.3. The number of Topliss-reactive ketones (excluding diaryl/α,β-unsaturated/α-hetero) is 1. The van der Waals surface area contributed by atoms with E-state index in [4.69, 9.17) is 0 Å². The first-order chi connectivity index (χ1) is 15.0. The quantitative estimate of drug-likeness (QED) is 0.256. The Labute approximate surface area is 186 Å². The molecule has 4 rings (SSSR count). The van der Waals surface area contributed by atoms with E-state index in [0.29, 0.717) is 33.2 Å². The number of benzene rings is 2. The van der Waals surface area contributed by atoms with E-state index in [9.17, 15) is 14.4 Å². The molecule has 2 heterocycles. The van der Waals surface area contributed by atoms with Crippen molar-refractivity contribution in [1.29, 1.82) is 0 Å². The van der Waals surface area contributed by atoms with Crippen LogP contribution in [0.2, 0.25) is 0 Å². The predicted octanol–water partition coefficient (Wildman–Crippen LogP) is 4.44. The first-order valence-electron chi connectivity index (χ1n) is 9.57. The Morgan fingerprint density at radius 1 is 1.10 bits per heavy atom. The lowest BCUT2D eigenvalue weighted by molar-refractivity contribution is -0.113. The molecule has 0 bridgehead atoms. The minimum atomic E-state index is -0.239. The number of nitrogens with one attached hydrogen (secondary N) is 1. The zero-order valence-electron chi connectivity index (χ0n) is 16.7. The fourth-order valence-corrected chi connectivity index (χ4v) is 4.66. The molecule has 0 unspecified atom stereocenters. The fourth-order valence-electron chi connectivity index (χ4n) is 3.08. The maximum absolute atomic E-state index is 13.0. The van der Waals surface area contributed by atoms with Gasteiger partial charge >= 0.3 is 0 Å². The molecule has 2 aromatic heterocycles. The Bertz CT molecular complexity index is 1310. The van der Waals surface area contributed by atoms with Crippen molar-refractivity contribution in [2.75, 3.05) is 11.1 Å². The standard InChI is InChI=1S/C23H19N3O3S2/c1-15(27)17-8-5-9-18(12-17)24-20(28)14-31-23-25-19-10-11-30-21(19)22(29)26(23)13-16-6-3-2-4-7-16/h2-12H,13-14H2,1H3,(H,24,28). The number of hydrogen-bond donors (Lipinski definition) is 1. The Balaban J connectivity index is 1.55. The number of aromatic nitrogens is 2. The van der Waals surface area contributed by atoms with Gasteiger partial charge in [-0.05, 0) is 36.1 Å². The van der Waals surface area contributed by atoms with E-state index in [1.165, 1.54) is 30.0 Å². The first kappa shape index (κ1) is 21.0. The topological polar surface area (TPSA) is 81.1 Å². The number of carbonyl (C=O) groups is 2. The summed E-state index contributed by atoms with van der Waals surface area (Å²) in [6.07, 6.45) is 0. The summed E-state index contributed by atoms with van der Waals surface area (Å²) in [6.45, 7) is 1.86. The summed E-state index contributed by atoms with van der Waals surface area (Å²) < 4.78 is 2.22. The normalized spacial score (nSPS) is 10.9. The monoisotopic (exact) mass is 449 g/mol. The van der Waals surface area contributed by atoms with E-state index < -0.39 is 0 Å². The van der Waals surface area contributed by atoms with Crippen molar-refractivity contribution in [3.63, 3.8) is 0 Å². The van der Waals surface area contributed by atoms with E-state index in [1.807, 2.05) is 41.8 Å². The molecule has 31 heavy (non-hydrogen) atoms. The van der Waals surface area contributed by atoms with Crippen LogP contribution in [-0.4, -0.2) is 27.0 Å². The van der Waals surface area contributed by atoms with Crippen molar-refractivity contribution in [2.24, 2.45) is 0 Å². The van der Waals surface area contributed by atoms with Gasteiger partial charge in [0.2, 0.25) is 5.91 Å². The van der Waals surface area contributed by atoms with E-state index in [0.717, 1.165) is 5.56 Å². The van der Waals surface area contributed by atoms with Crippen LogP contribution in [0.4, 0.5) is 5.69 Å². The average Bonchev–Trinajstić information content (AvgIpc) is 3.24. The summed E-state index contributed by atoms with van der Waals surface area (Å²) in [6, 6.07) is 18.3. The van der Waals surface area contributed by atoms with Crippen LogP contribution in [0.5, 0.6) is 0 Å². The van der Waals surface area contributed by atoms with Gasteiger partial charge in [0.1, 0.15) is 4.70 Å². The first-order valence-corrected chi connectivity index (χ1v) is 11.4. The minimum Gasteiger partial charge on any atom is -0.325 e. The maximum Gasteiger partial charge on any atom is 0.272 e. The van der Waals surface area contributed by atoms with Crippen molar-refractivity contribution < 1.29 is 9.59 Å². The van der Waals surface area contributed by atoms with Gasteiger partial charge in [-0.1, -0.05) is 54.2 Å². The Morgan fingerprint density at radius 3 is 2.68 bits per heavy atom. The SMILES string of the molecule is CC(=O)c1cccc(NC(=O)CSc2nc3ccsc3c(=O)n2Cc2ccccc2)c1. The van der Waals surface area contributed by atoms with Crippen molar-refractivity contribution in [3.05, 3.63) is 87.5 Å². The number of carbonyl (C=O) groups excluding carboxylic acids is 2. The maximum atomic E-state index is 13.0. The third-order valence-corrected chi connectivity index (χ3v) is 6.47. The molecule has 1 N–H and O–H groups in total. The number of nitrogens with zero attached hydrogens (tertiary/aromatic N) is 2. The molecule has 0 saturated carbocycles. The second kappa shape index (κ2) is 9.28. The van der Waals surface area contributed by atoms with Gasteiger partial charge < -0.3 is 5.32 Å². The number of ketones is 1. The molecule has 0 aliphatic carbocycles. The van der Waals surface area contributed by atoms with Gasteiger partial charge in [-0.2, -0.15) is 0 Å². The molecule has 0 atom stereocenters. The van der Waals surface area contributed by atoms with Gasteiger partial charge in [0, 0.05) is 11.3 Å². The third kappa shape index (κ3) is 4.92. The number of hydrogen-bond acceptors (Lipinski definition) is 6. The van der Waals surface area contributed by atoms with Crippen LogP contribution in [0.25, 0.3) is 10.2 Å². The Morgan fingerprint density at radius 2 is 1.90 bits per heavy atom. The molecule has 0 aliphatic heterocycles. The van der Waals surface area contributed by atoms with Crippen LogP contribution < -0.4 is 10.9 Å². The van der Waals surface area contributed by atoms with E-state index >= 15 is 0 Å². The second-order valence-corrected chi connectivity index (χ2v) is 8.74. The molecular formula is C23H19N3O3S2. The highest BCUT2D eigenvalue weighted by atomic mass is 32.2. The molecule has 0 spiro atoms. The van der Waals surface area contributed by atoms with Crippen LogP contribution in [0.15, 0.2) is 76.0 Å². The molecule has 0 aliphatic rings. The molecule has 2 aromatic carbocycles. The Kier molecular flexibility index (Phi) is 6.29. The summed E-state index contributed by atoms with van der Waals surface area (Å²) >= 11 is 2.58. The average molecular weight is 450 g/mol. The molecule has 156 valence electrons. The fraction of sp³-hybridized carbons (Fsp3) is 0.130. The number of anilines is 1. The van der Waals surface area contributed by atoms with Gasteiger partial charge in [0.15, 0.2) is 10.9 Å². The smallest absolute Gasteiger partial charge is 0.272 e. The lowest BCUT2D eigenvalue weighted by Gasteiger charge is -2.12. The van der Waals surface area contributed by atoms with Crippen molar-refractivity contribution in [2.45, 2.75) is 18.6 Å². The second-order valence-electron chi connectivity index (χ2n) is 6.88. The largest absolute Gasteiger partial charge is 0.325 e. The van der Waals surface area contributed by atoms with Crippen LogP contribution >= 0.6 is 23.1 Å². The van der Waals surface area contributed by atoms with Gasteiger partial charge in [0.05, 0.1) is 17.8 Å². The lowest BCUT2D eigenvalue weighted by Crippen LogP contribution is -2.24. The highest BCUT2D eigenvalue weighted by Gasteiger charge is 2.15. The molecule has 8 heteroatoms. The van der Waals surface area contributed by atoms with Gasteiger partial charge in [0.25, 0.3) is 5.56 Å². The van der Waals surface area contributed by atoms with E-state index in [-0.39, 0.29) is 23.0 Å². The van der Waals surface area contributed by atoms with Gasteiger partial charge in [-0.25, -0.2) is 4.98 Å². The summed E-state index contributed by atoms with van der Waals surface area (Å²) in [4.78, 5) is 41.7. The van der Waals surface area contributed by atoms with Crippen LogP contribution in [0.3, 0.4) is 0 Å². The molecule has 6 nitrogen and oxygen atoms in total. The number of amides is 1. The predicted molar refractivity (Wildman–Crippen MR) is 125 cm³/mol. The summed E-state index contributed by atoms with van der Waals surface area (Å²) in [5.74, 6) is -0.221. The molecule has 0 radical (unpaired) electrons. The van der Waals surface area contributed by atoms with Crippen molar-refractivity contribution in [1.82, 2.24) is 9.55 Å². The van der Waals surface area contributed by atoms with Gasteiger partial charge in [-0.3, -0.25) is 19.0 Å². The summed E-state index contributed by atoms with van der Waals surface area (Å²) in [5.41, 5.74) is 2.60. The molecular weight excluding hydrogens is 430 g/mol. The summed E-state index contributed by atoms with van der Waals surface area (Å²) in [7, 11) is 0. The van der Waals surface area contributed by atoms with Crippen molar-refractivity contribution in [3.8, 4) is 0 Å². The lowest BCUT2D eigenvalue weighted by atomic mass is 10.1. The highest BCUT2D eigenvalue weighted by molar-refractivity contribution is 7.99. The van der Waals surface area contributed by atoms with Gasteiger partial charge in [-0.15, -0.1) is 11.3 Å².